The number of cyclic esters (lactones) is 1. The van der Waals surface area contributed by atoms with Crippen LogP contribution in [0.3, 0.4) is 0 Å². The third kappa shape index (κ3) is 5.61. The first-order chi connectivity index (χ1) is 16.0. The molecule has 0 bridgehead atoms. The van der Waals surface area contributed by atoms with Gasteiger partial charge in [0.05, 0.1) is 6.61 Å². The number of nitrogens with zero attached hydrogens (tertiary/aromatic N) is 2. The molecular weight excluding hydrogens is 420 g/mol. The summed E-state index contributed by atoms with van der Waals surface area (Å²) >= 11 is 0. The molecule has 1 amide bonds. The molecule has 4 rings (SSSR count). The first kappa shape index (κ1) is 22.6. The average Bonchev–Trinajstić information content (AvgIpc) is 3.19. The SMILES string of the molecule is CCOc1cc(C=C2N=C(c3ccc(C)cc3)OC2=O)ccc1OCC(=O)N1CCCCC1. The summed E-state index contributed by atoms with van der Waals surface area (Å²) in [5.74, 6) is 0.757. The number of aryl methyl sites for hydroxylation is 1. The summed E-state index contributed by atoms with van der Waals surface area (Å²) in [5, 5.41) is 0. The summed E-state index contributed by atoms with van der Waals surface area (Å²) in [6.45, 7) is 5.85. The molecule has 0 unspecified atom stereocenters. The van der Waals surface area contributed by atoms with Gasteiger partial charge < -0.3 is 19.1 Å². The van der Waals surface area contributed by atoms with Crippen molar-refractivity contribution < 1.29 is 23.8 Å². The number of likely N-dealkylation sites (tertiary alicyclic amines) is 1. The Balaban J connectivity index is 1.49. The third-order valence-electron chi connectivity index (χ3n) is 5.55. The van der Waals surface area contributed by atoms with Crippen molar-refractivity contribution >= 4 is 23.9 Å². The van der Waals surface area contributed by atoms with Gasteiger partial charge in [0.25, 0.3) is 5.91 Å². The fourth-order valence-electron chi connectivity index (χ4n) is 3.76. The van der Waals surface area contributed by atoms with Crippen LogP contribution in [0.5, 0.6) is 11.5 Å². The molecule has 1 saturated heterocycles. The Morgan fingerprint density at radius 2 is 1.82 bits per heavy atom. The fourth-order valence-corrected chi connectivity index (χ4v) is 3.76. The number of hydrogen-bond acceptors (Lipinski definition) is 6. The van der Waals surface area contributed by atoms with Crippen molar-refractivity contribution in [1.82, 2.24) is 4.90 Å². The van der Waals surface area contributed by atoms with Gasteiger partial charge in [-0.05, 0) is 69.0 Å². The summed E-state index contributed by atoms with van der Waals surface area (Å²) < 4.78 is 16.8. The zero-order valence-corrected chi connectivity index (χ0v) is 19.0. The van der Waals surface area contributed by atoms with Gasteiger partial charge in [0.15, 0.2) is 23.8 Å². The standard InChI is InChI=1S/C26H28N2O5/c1-3-31-23-16-19(9-12-22(23)32-17-24(29)28-13-5-4-6-14-28)15-21-26(30)33-25(27-21)20-10-7-18(2)8-11-20/h7-12,15-16H,3-6,13-14,17H2,1-2H3. The van der Waals surface area contributed by atoms with Crippen LogP contribution in [-0.2, 0) is 14.3 Å². The van der Waals surface area contributed by atoms with Crippen LogP contribution in [0, 0.1) is 6.92 Å². The van der Waals surface area contributed by atoms with E-state index in [1.165, 1.54) is 6.42 Å². The highest BCUT2D eigenvalue weighted by Gasteiger charge is 2.24. The monoisotopic (exact) mass is 448 g/mol. The molecule has 0 spiro atoms. The number of carbonyl (C=O) groups excluding carboxylic acids is 2. The molecule has 0 saturated carbocycles. The van der Waals surface area contributed by atoms with Gasteiger partial charge in [0.2, 0.25) is 5.90 Å². The first-order valence-corrected chi connectivity index (χ1v) is 11.3. The number of esters is 1. The van der Waals surface area contributed by atoms with Gasteiger partial charge in [-0.2, -0.15) is 0 Å². The predicted octanol–water partition coefficient (Wildman–Crippen LogP) is 4.13. The molecule has 2 aromatic rings. The van der Waals surface area contributed by atoms with Crippen LogP contribution < -0.4 is 9.47 Å². The number of ether oxygens (including phenoxy) is 3. The molecule has 7 heteroatoms. The van der Waals surface area contributed by atoms with E-state index >= 15 is 0 Å². The Kier molecular flexibility index (Phi) is 7.07. The van der Waals surface area contributed by atoms with E-state index in [4.69, 9.17) is 14.2 Å². The summed E-state index contributed by atoms with van der Waals surface area (Å²) in [4.78, 5) is 31.0. The van der Waals surface area contributed by atoms with Gasteiger partial charge in [-0.15, -0.1) is 0 Å². The van der Waals surface area contributed by atoms with E-state index in [9.17, 15) is 9.59 Å². The molecule has 2 aliphatic rings. The average molecular weight is 449 g/mol. The molecule has 2 heterocycles. The van der Waals surface area contributed by atoms with Gasteiger partial charge in [-0.25, -0.2) is 9.79 Å². The number of rotatable bonds is 7. The number of amides is 1. The van der Waals surface area contributed by atoms with Crippen LogP contribution in [0.4, 0.5) is 0 Å². The first-order valence-electron chi connectivity index (χ1n) is 11.3. The van der Waals surface area contributed by atoms with Crippen molar-refractivity contribution in [2.45, 2.75) is 33.1 Å². The van der Waals surface area contributed by atoms with E-state index in [1.807, 2.05) is 43.0 Å². The minimum atomic E-state index is -0.504. The molecule has 0 aliphatic carbocycles. The smallest absolute Gasteiger partial charge is 0.363 e. The maximum Gasteiger partial charge on any atom is 0.363 e. The molecule has 1 fully saturated rings. The number of piperidine rings is 1. The van der Waals surface area contributed by atoms with E-state index in [2.05, 4.69) is 4.99 Å². The number of carbonyl (C=O) groups is 2. The van der Waals surface area contributed by atoms with Crippen LogP contribution in [-0.4, -0.2) is 49.0 Å². The van der Waals surface area contributed by atoms with Gasteiger partial charge in [-0.3, -0.25) is 4.79 Å². The molecule has 0 N–H and O–H groups in total. The number of hydrogen-bond donors (Lipinski definition) is 0. The zero-order chi connectivity index (χ0) is 23.2. The number of benzene rings is 2. The summed E-state index contributed by atoms with van der Waals surface area (Å²) in [7, 11) is 0. The van der Waals surface area contributed by atoms with E-state index in [0.29, 0.717) is 23.7 Å². The second-order valence-electron chi connectivity index (χ2n) is 8.07. The van der Waals surface area contributed by atoms with E-state index in [1.54, 1.807) is 24.3 Å². The van der Waals surface area contributed by atoms with Gasteiger partial charge in [0, 0.05) is 18.7 Å². The largest absolute Gasteiger partial charge is 0.490 e. The maximum atomic E-state index is 12.4. The normalized spacial score (nSPS) is 17.0. The summed E-state index contributed by atoms with van der Waals surface area (Å²) in [6, 6.07) is 12.9. The lowest BCUT2D eigenvalue weighted by atomic mass is 10.1. The van der Waals surface area contributed by atoms with Gasteiger partial charge in [-0.1, -0.05) is 23.8 Å². The Labute approximate surface area is 193 Å². The van der Waals surface area contributed by atoms with Crippen LogP contribution >= 0.6 is 0 Å². The van der Waals surface area contributed by atoms with Crippen molar-refractivity contribution in [2.75, 3.05) is 26.3 Å². The molecule has 0 aromatic heterocycles. The zero-order valence-electron chi connectivity index (χ0n) is 19.0. The van der Waals surface area contributed by atoms with Crippen molar-refractivity contribution in [3.8, 4) is 11.5 Å². The Morgan fingerprint density at radius 1 is 1.06 bits per heavy atom. The Hall–Kier alpha value is -3.61. The molecule has 172 valence electrons. The van der Waals surface area contributed by atoms with Gasteiger partial charge >= 0.3 is 5.97 Å². The van der Waals surface area contributed by atoms with Crippen LogP contribution in [0.15, 0.2) is 53.2 Å². The summed E-state index contributed by atoms with van der Waals surface area (Å²) in [6.07, 6.45) is 4.89. The highest BCUT2D eigenvalue weighted by Crippen LogP contribution is 2.30. The molecule has 2 aliphatic heterocycles. The highest BCUT2D eigenvalue weighted by atomic mass is 16.6. The molecule has 33 heavy (non-hydrogen) atoms. The molecular formula is C26H28N2O5. The Bertz CT molecular complexity index is 1080. The lowest BCUT2D eigenvalue weighted by Crippen LogP contribution is -2.38. The van der Waals surface area contributed by atoms with Crippen molar-refractivity contribution in [1.29, 1.82) is 0 Å². The summed E-state index contributed by atoms with van der Waals surface area (Å²) in [5.41, 5.74) is 2.79. The second-order valence-corrected chi connectivity index (χ2v) is 8.07. The van der Waals surface area contributed by atoms with Crippen molar-refractivity contribution in [3.63, 3.8) is 0 Å². The second kappa shape index (κ2) is 10.3. The van der Waals surface area contributed by atoms with Crippen molar-refractivity contribution in [3.05, 3.63) is 64.9 Å². The van der Waals surface area contributed by atoms with Crippen LogP contribution in [0.2, 0.25) is 0 Å². The maximum absolute atomic E-state index is 12.4. The quantitative estimate of drug-likeness (QED) is 0.470. The Morgan fingerprint density at radius 3 is 2.55 bits per heavy atom. The van der Waals surface area contributed by atoms with E-state index < -0.39 is 5.97 Å². The molecule has 7 nitrogen and oxygen atoms in total. The topological polar surface area (TPSA) is 77.4 Å². The lowest BCUT2D eigenvalue weighted by molar-refractivity contribution is -0.134. The predicted molar refractivity (Wildman–Crippen MR) is 125 cm³/mol. The van der Waals surface area contributed by atoms with Crippen LogP contribution in [0.25, 0.3) is 6.08 Å². The highest BCUT2D eigenvalue weighted by molar-refractivity contribution is 6.12. The number of aliphatic imine (C=N–C) groups is 1. The minimum absolute atomic E-state index is 0.0185. The van der Waals surface area contributed by atoms with E-state index in [-0.39, 0.29) is 24.1 Å². The molecule has 0 atom stereocenters. The lowest BCUT2D eigenvalue weighted by Gasteiger charge is -2.26. The van der Waals surface area contributed by atoms with E-state index in [0.717, 1.165) is 37.1 Å². The minimum Gasteiger partial charge on any atom is -0.490 e. The molecule has 2 aromatic carbocycles. The third-order valence-corrected chi connectivity index (χ3v) is 5.55. The van der Waals surface area contributed by atoms with Gasteiger partial charge in [0.1, 0.15) is 0 Å². The van der Waals surface area contributed by atoms with Crippen molar-refractivity contribution in [2.24, 2.45) is 4.99 Å². The molecule has 0 radical (unpaired) electrons. The van der Waals surface area contributed by atoms with Crippen LogP contribution in [0.1, 0.15) is 42.9 Å². The fraction of sp³-hybridized carbons (Fsp3) is 0.346.